The van der Waals surface area contributed by atoms with Crippen LogP contribution < -0.4 is 15.7 Å². The first-order valence-electron chi connectivity index (χ1n) is 7.82. The molecule has 1 N–H and O–H groups in total. The van der Waals surface area contributed by atoms with Gasteiger partial charge in [0.1, 0.15) is 12.3 Å². The van der Waals surface area contributed by atoms with Crippen molar-refractivity contribution < 1.29 is 9.53 Å². The molecule has 126 valence electrons. The third-order valence-corrected chi connectivity index (χ3v) is 3.31. The van der Waals surface area contributed by atoms with E-state index >= 15 is 0 Å². The van der Waals surface area contributed by atoms with Gasteiger partial charge in [0.25, 0.3) is 11.5 Å². The second kappa shape index (κ2) is 8.67. The van der Waals surface area contributed by atoms with Gasteiger partial charge in [0.05, 0.1) is 12.3 Å². The lowest BCUT2D eigenvalue weighted by Crippen LogP contribution is -2.29. The van der Waals surface area contributed by atoms with Crippen molar-refractivity contribution in [1.29, 1.82) is 0 Å². The van der Waals surface area contributed by atoms with Crippen LogP contribution in [0.25, 0.3) is 0 Å². The molecule has 0 fully saturated rings. The zero-order chi connectivity index (χ0) is 17.4. The summed E-state index contributed by atoms with van der Waals surface area (Å²) in [5, 5.41) is 4.07. The van der Waals surface area contributed by atoms with Gasteiger partial charge in [-0.2, -0.15) is 5.10 Å². The Bertz CT molecular complexity index is 764. The van der Waals surface area contributed by atoms with Crippen LogP contribution in [0.2, 0.25) is 0 Å². The summed E-state index contributed by atoms with van der Waals surface area (Å²) in [7, 11) is 0. The van der Waals surface area contributed by atoms with Gasteiger partial charge in [0, 0.05) is 12.3 Å². The van der Waals surface area contributed by atoms with Crippen LogP contribution in [0, 0.1) is 0 Å². The SMILES string of the molecule is CCCOc1ccc(/C(C)=N\NC(=O)Cn2ccccc2=O)cc1. The van der Waals surface area contributed by atoms with Crippen LogP contribution >= 0.6 is 0 Å². The number of aromatic nitrogens is 1. The molecule has 0 atom stereocenters. The van der Waals surface area contributed by atoms with Gasteiger partial charge in [-0.15, -0.1) is 0 Å². The summed E-state index contributed by atoms with van der Waals surface area (Å²) < 4.78 is 6.84. The van der Waals surface area contributed by atoms with Crippen LogP contribution in [0.4, 0.5) is 0 Å². The van der Waals surface area contributed by atoms with Crippen LogP contribution in [0.5, 0.6) is 5.75 Å². The van der Waals surface area contributed by atoms with Gasteiger partial charge < -0.3 is 9.30 Å². The predicted octanol–water partition coefficient (Wildman–Crippen LogP) is 2.18. The highest BCUT2D eigenvalue weighted by molar-refractivity contribution is 5.99. The van der Waals surface area contributed by atoms with Crippen molar-refractivity contribution in [2.24, 2.45) is 5.10 Å². The first kappa shape index (κ1) is 17.5. The molecule has 0 aliphatic carbocycles. The lowest BCUT2D eigenvalue weighted by molar-refractivity contribution is -0.121. The zero-order valence-electron chi connectivity index (χ0n) is 13.9. The molecule has 0 spiro atoms. The van der Waals surface area contributed by atoms with Crippen LogP contribution in [0.1, 0.15) is 25.8 Å². The van der Waals surface area contributed by atoms with E-state index in [1.807, 2.05) is 24.3 Å². The van der Waals surface area contributed by atoms with Crippen molar-refractivity contribution >= 4 is 11.6 Å². The van der Waals surface area contributed by atoms with E-state index in [9.17, 15) is 9.59 Å². The Balaban J connectivity index is 1.94. The molecule has 1 aromatic heterocycles. The Kier molecular flexibility index (Phi) is 6.31. The summed E-state index contributed by atoms with van der Waals surface area (Å²) >= 11 is 0. The predicted molar refractivity (Wildman–Crippen MR) is 93.3 cm³/mol. The topological polar surface area (TPSA) is 72.7 Å². The number of hydrogen-bond donors (Lipinski definition) is 1. The minimum absolute atomic E-state index is 0.0692. The molecule has 1 heterocycles. The zero-order valence-corrected chi connectivity index (χ0v) is 13.9. The molecule has 0 aliphatic rings. The van der Waals surface area contributed by atoms with Gasteiger partial charge in [0.15, 0.2) is 0 Å². The molecule has 0 radical (unpaired) electrons. The number of carbonyl (C=O) groups excluding carboxylic acids is 1. The van der Waals surface area contributed by atoms with E-state index in [1.54, 1.807) is 25.3 Å². The van der Waals surface area contributed by atoms with Crippen molar-refractivity contribution in [3.8, 4) is 5.75 Å². The van der Waals surface area contributed by atoms with Crippen molar-refractivity contribution in [2.45, 2.75) is 26.8 Å². The average Bonchev–Trinajstić information content (AvgIpc) is 2.60. The maximum Gasteiger partial charge on any atom is 0.260 e. The summed E-state index contributed by atoms with van der Waals surface area (Å²) in [5.74, 6) is 0.450. The van der Waals surface area contributed by atoms with E-state index in [1.165, 1.54) is 10.6 Å². The van der Waals surface area contributed by atoms with E-state index in [2.05, 4.69) is 17.5 Å². The van der Waals surface area contributed by atoms with E-state index in [0.717, 1.165) is 17.7 Å². The highest BCUT2D eigenvalue weighted by Gasteiger charge is 2.04. The molecule has 0 aliphatic heterocycles. The van der Waals surface area contributed by atoms with Crippen molar-refractivity contribution in [3.05, 3.63) is 64.6 Å². The fraction of sp³-hybridized carbons (Fsp3) is 0.278. The lowest BCUT2D eigenvalue weighted by atomic mass is 10.1. The van der Waals surface area contributed by atoms with Gasteiger partial charge in [-0.25, -0.2) is 5.43 Å². The largest absolute Gasteiger partial charge is 0.494 e. The van der Waals surface area contributed by atoms with Gasteiger partial charge >= 0.3 is 0 Å². The normalized spacial score (nSPS) is 11.2. The number of nitrogens with zero attached hydrogens (tertiary/aromatic N) is 2. The number of hydrazone groups is 1. The molecule has 0 saturated heterocycles. The molecular formula is C18H21N3O3. The first-order valence-corrected chi connectivity index (χ1v) is 7.82. The molecule has 6 nitrogen and oxygen atoms in total. The molecule has 1 aromatic carbocycles. The third kappa shape index (κ3) is 5.08. The number of rotatable bonds is 7. The van der Waals surface area contributed by atoms with Crippen LogP contribution in [0.3, 0.4) is 0 Å². The monoisotopic (exact) mass is 327 g/mol. The molecule has 2 aromatic rings. The summed E-state index contributed by atoms with van der Waals surface area (Å²) in [4.78, 5) is 23.4. The minimum Gasteiger partial charge on any atom is -0.494 e. The van der Waals surface area contributed by atoms with Crippen molar-refractivity contribution in [1.82, 2.24) is 9.99 Å². The molecule has 2 rings (SSSR count). The van der Waals surface area contributed by atoms with E-state index in [0.29, 0.717) is 12.3 Å². The Hall–Kier alpha value is -2.89. The van der Waals surface area contributed by atoms with E-state index in [-0.39, 0.29) is 18.0 Å². The number of carbonyl (C=O) groups is 1. The number of nitrogens with one attached hydrogen (secondary N) is 1. The molecule has 6 heteroatoms. The fourth-order valence-electron chi connectivity index (χ4n) is 2.00. The number of amides is 1. The highest BCUT2D eigenvalue weighted by atomic mass is 16.5. The molecular weight excluding hydrogens is 306 g/mol. The number of ether oxygens (including phenoxy) is 1. The maximum absolute atomic E-state index is 11.9. The Morgan fingerprint density at radius 3 is 2.62 bits per heavy atom. The van der Waals surface area contributed by atoms with Gasteiger partial charge in [-0.05, 0) is 49.2 Å². The minimum atomic E-state index is -0.356. The van der Waals surface area contributed by atoms with Gasteiger partial charge in [0.2, 0.25) is 0 Å². The number of hydrogen-bond acceptors (Lipinski definition) is 4. The van der Waals surface area contributed by atoms with E-state index in [4.69, 9.17) is 4.74 Å². The van der Waals surface area contributed by atoms with Crippen LogP contribution in [-0.4, -0.2) is 22.8 Å². The Morgan fingerprint density at radius 1 is 1.21 bits per heavy atom. The fourth-order valence-corrected chi connectivity index (χ4v) is 2.00. The van der Waals surface area contributed by atoms with Crippen LogP contribution in [0.15, 0.2) is 58.6 Å². The maximum atomic E-state index is 11.9. The average molecular weight is 327 g/mol. The highest BCUT2D eigenvalue weighted by Crippen LogP contribution is 2.13. The summed E-state index contributed by atoms with van der Waals surface area (Å²) in [6, 6.07) is 12.3. The number of benzene rings is 1. The summed E-state index contributed by atoms with van der Waals surface area (Å²) in [5.41, 5.74) is 3.79. The first-order chi connectivity index (χ1) is 11.6. The quantitative estimate of drug-likeness (QED) is 0.626. The van der Waals surface area contributed by atoms with Crippen molar-refractivity contribution in [3.63, 3.8) is 0 Å². The smallest absolute Gasteiger partial charge is 0.260 e. The van der Waals surface area contributed by atoms with Crippen molar-refractivity contribution in [2.75, 3.05) is 6.61 Å². The second-order valence-corrected chi connectivity index (χ2v) is 5.27. The molecule has 0 saturated carbocycles. The van der Waals surface area contributed by atoms with E-state index < -0.39 is 0 Å². The number of pyridine rings is 1. The summed E-state index contributed by atoms with van der Waals surface area (Å²) in [6.45, 7) is 4.47. The molecule has 0 unspecified atom stereocenters. The Labute approximate surface area is 140 Å². The standard InChI is InChI=1S/C18H21N3O3/c1-3-12-24-16-9-7-15(8-10-16)14(2)19-20-17(22)13-21-11-5-4-6-18(21)23/h4-11H,3,12-13H2,1-2H3,(H,20,22)/b19-14-. The summed E-state index contributed by atoms with van der Waals surface area (Å²) in [6.07, 6.45) is 2.52. The second-order valence-electron chi connectivity index (χ2n) is 5.27. The Morgan fingerprint density at radius 2 is 1.96 bits per heavy atom. The molecule has 0 bridgehead atoms. The van der Waals surface area contributed by atoms with Crippen LogP contribution in [-0.2, 0) is 11.3 Å². The lowest BCUT2D eigenvalue weighted by Gasteiger charge is -2.07. The molecule has 24 heavy (non-hydrogen) atoms. The molecule has 1 amide bonds. The third-order valence-electron chi connectivity index (χ3n) is 3.31. The van der Waals surface area contributed by atoms with Gasteiger partial charge in [-0.1, -0.05) is 13.0 Å². The van der Waals surface area contributed by atoms with Gasteiger partial charge in [-0.3, -0.25) is 9.59 Å².